The SMILES string of the molecule is CCCNC(=O)O[C@H]1CC[C@@]2(C)C(=CC[C@@H]3[C@@H]2CC[C@]2(C)C(c4cccnc4)=CC[C@@H]32)C1. The van der Waals surface area contributed by atoms with Gasteiger partial charge in [-0.25, -0.2) is 4.79 Å². The molecule has 4 aliphatic rings. The second-order valence-corrected chi connectivity index (χ2v) is 11.0. The van der Waals surface area contributed by atoms with Gasteiger partial charge in [-0.15, -0.1) is 0 Å². The van der Waals surface area contributed by atoms with Crippen LogP contribution in [-0.4, -0.2) is 23.7 Å². The molecule has 0 spiro atoms. The van der Waals surface area contributed by atoms with E-state index < -0.39 is 0 Å². The van der Waals surface area contributed by atoms with Crippen LogP contribution in [0.5, 0.6) is 0 Å². The van der Waals surface area contributed by atoms with Crippen LogP contribution in [0.2, 0.25) is 0 Å². The molecule has 0 unspecified atom stereocenters. The molecule has 4 heteroatoms. The Morgan fingerprint density at radius 1 is 1.16 bits per heavy atom. The van der Waals surface area contributed by atoms with E-state index in [9.17, 15) is 4.79 Å². The van der Waals surface area contributed by atoms with Gasteiger partial charge in [0, 0.05) is 25.4 Å². The highest BCUT2D eigenvalue weighted by molar-refractivity contribution is 5.72. The number of alkyl carbamates (subject to hydrolysis) is 1. The minimum absolute atomic E-state index is 0.0296. The lowest BCUT2D eigenvalue weighted by Crippen LogP contribution is -2.50. The number of hydrogen-bond donors (Lipinski definition) is 1. The molecule has 32 heavy (non-hydrogen) atoms. The monoisotopic (exact) mass is 434 g/mol. The quantitative estimate of drug-likeness (QED) is 0.547. The number of ether oxygens (including phenoxy) is 1. The molecular weight excluding hydrogens is 396 g/mol. The molecule has 5 rings (SSSR count). The summed E-state index contributed by atoms with van der Waals surface area (Å²) in [5.41, 5.74) is 4.93. The number of allylic oxidation sites excluding steroid dienone is 3. The molecule has 1 N–H and O–H groups in total. The lowest BCUT2D eigenvalue weighted by molar-refractivity contribution is -0.0262. The fourth-order valence-electron chi connectivity index (χ4n) is 7.69. The molecule has 2 fully saturated rings. The van der Waals surface area contributed by atoms with Crippen LogP contribution in [0, 0.1) is 28.6 Å². The van der Waals surface area contributed by atoms with Crippen molar-refractivity contribution in [3.05, 3.63) is 47.8 Å². The third kappa shape index (κ3) is 3.50. The van der Waals surface area contributed by atoms with E-state index in [0.717, 1.165) is 43.4 Å². The van der Waals surface area contributed by atoms with Crippen molar-refractivity contribution in [3.63, 3.8) is 0 Å². The fourth-order valence-corrected chi connectivity index (χ4v) is 7.69. The second kappa shape index (κ2) is 8.35. The standard InChI is InChI=1S/C28H38N2O2/c1-4-15-30-26(31)32-21-11-13-27(2)20(17-21)7-8-22-24-10-9-23(19-6-5-16-29-18-19)28(24,3)14-12-25(22)27/h5-7,9,16,18,21-22,24-25H,4,8,10-15,17H2,1-3H3,(H,30,31)/t21-,22-,24-,25-,27-,28+/m0/s1. The molecule has 6 atom stereocenters. The Labute approximate surface area is 192 Å². The number of nitrogens with zero attached hydrogens (tertiary/aromatic N) is 1. The molecule has 0 bridgehead atoms. The maximum absolute atomic E-state index is 12.1. The van der Waals surface area contributed by atoms with Crippen molar-refractivity contribution < 1.29 is 9.53 Å². The van der Waals surface area contributed by atoms with Gasteiger partial charge in [0.1, 0.15) is 6.10 Å². The minimum Gasteiger partial charge on any atom is -0.446 e. The first-order valence-electron chi connectivity index (χ1n) is 12.7. The number of pyridine rings is 1. The zero-order valence-electron chi connectivity index (χ0n) is 19.9. The summed E-state index contributed by atoms with van der Waals surface area (Å²) in [5.74, 6) is 2.22. The summed E-state index contributed by atoms with van der Waals surface area (Å²) in [6.45, 7) is 7.77. The molecule has 4 nitrogen and oxygen atoms in total. The van der Waals surface area contributed by atoms with E-state index in [-0.39, 0.29) is 23.0 Å². The van der Waals surface area contributed by atoms with Gasteiger partial charge in [0.2, 0.25) is 0 Å². The van der Waals surface area contributed by atoms with E-state index in [0.29, 0.717) is 6.54 Å². The number of fused-ring (bicyclic) bond motifs is 5. The van der Waals surface area contributed by atoms with Gasteiger partial charge < -0.3 is 10.1 Å². The molecular formula is C28H38N2O2. The van der Waals surface area contributed by atoms with Crippen molar-refractivity contribution >= 4 is 11.7 Å². The maximum Gasteiger partial charge on any atom is 0.407 e. The molecule has 0 aromatic carbocycles. The van der Waals surface area contributed by atoms with Crippen LogP contribution in [0.1, 0.15) is 77.7 Å². The van der Waals surface area contributed by atoms with Gasteiger partial charge in [0.15, 0.2) is 0 Å². The Morgan fingerprint density at radius 3 is 2.78 bits per heavy atom. The molecule has 1 heterocycles. The van der Waals surface area contributed by atoms with Crippen molar-refractivity contribution in [2.45, 2.75) is 78.2 Å². The van der Waals surface area contributed by atoms with Crippen LogP contribution >= 0.6 is 0 Å². The zero-order chi connectivity index (χ0) is 22.3. The van der Waals surface area contributed by atoms with E-state index >= 15 is 0 Å². The molecule has 1 amide bonds. The van der Waals surface area contributed by atoms with Gasteiger partial charge in [-0.2, -0.15) is 0 Å². The first-order valence-corrected chi connectivity index (χ1v) is 12.7. The van der Waals surface area contributed by atoms with Crippen molar-refractivity contribution in [2.75, 3.05) is 6.54 Å². The third-order valence-electron chi connectivity index (χ3n) is 9.41. The lowest BCUT2D eigenvalue weighted by atomic mass is 9.47. The average Bonchev–Trinajstić information content (AvgIpc) is 3.16. The van der Waals surface area contributed by atoms with E-state index in [1.165, 1.54) is 36.8 Å². The van der Waals surface area contributed by atoms with Crippen molar-refractivity contribution in [1.82, 2.24) is 10.3 Å². The number of nitrogens with one attached hydrogen (secondary N) is 1. The van der Waals surface area contributed by atoms with Gasteiger partial charge in [-0.05, 0) is 90.7 Å². The molecule has 0 saturated heterocycles. The fraction of sp³-hybridized carbons (Fsp3) is 0.643. The number of carbonyl (C=O) groups excluding carboxylic acids is 1. The Kier molecular flexibility index (Phi) is 5.67. The predicted molar refractivity (Wildman–Crippen MR) is 128 cm³/mol. The summed E-state index contributed by atoms with van der Waals surface area (Å²) < 4.78 is 5.77. The smallest absolute Gasteiger partial charge is 0.407 e. The van der Waals surface area contributed by atoms with E-state index in [1.807, 2.05) is 12.4 Å². The average molecular weight is 435 g/mol. The van der Waals surface area contributed by atoms with Gasteiger partial charge in [-0.1, -0.05) is 44.6 Å². The van der Waals surface area contributed by atoms with E-state index in [1.54, 1.807) is 5.57 Å². The van der Waals surface area contributed by atoms with Crippen LogP contribution in [0.3, 0.4) is 0 Å². The highest BCUT2D eigenvalue weighted by atomic mass is 16.6. The number of carbonyl (C=O) groups is 1. The van der Waals surface area contributed by atoms with Crippen LogP contribution < -0.4 is 5.32 Å². The topological polar surface area (TPSA) is 51.2 Å². The minimum atomic E-state index is -0.247. The summed E-state index contributed by atoms with van der Waals surface area (Å²) in [7, 11) is 0. The molecule has 4 aliphatic carbocycles. The summed E-state index contributed by atoms with van der Waals surface area (Å²) in [4.78, 5) is 16.5. The third-order valence-corrected chi connectivity index (χ3v) is 9.41. The highest BCUT2D eigenvalue weighted by Gasteiger charge is 2.57. The Hall–Kier alpha value is -2.10. The molecule has 172 valence electrons. The Balaban J connectivity index is 1.32. The zero-order valence-corrected chi connectivity index (χ0v) is 19.9. The number of aromatic nitrogens is 1. The number of amides is 1. The van der Waals surface area contributed by atoms with Crippen molar-refractivity contribution in [3.8, 4) is 0 Å². The largest absolute Gasteiger partial charge is 0.446 e. The Morgan fingerprint density at radius 2 is 2.00 bits per heavy atom. The van der Waals surface area contributed by atoms with Gasteiger partial charge >= 0.3 is 6.09 Å². The first-order chi connectivity index (χ1) is 15.5. The summed E-state index contributed by atoms with van der Waals surface area (Å²) in [6.07, 6.45) is 17.7. The van der Waals surface area contributed by atoms with E-state index in [2.05, 4.69) is 55.4 Å². The number of rotatable bonds is 4. The molecule has 0 aliphatic heterocycles. The van der Waals surface area contributed by atoms with Crippen molar-refractivity contribution in [2.24, 2.45) is 28.6 Å². The van der Waals surface area contributed by atoms with Gasteiger partial charge in [-0.3, -0.25) is 4.98 Å². The van der Waals surface area contributed by atoms with Gasteiger partial charge in [0.05, 0.1) is 0 Å². The van der Waals surface area contributed by atoms with Gasteiger partial charge in [0.25, 0.3) is 0 Å². The van der Waals surface area contributed by atoms with E-state index in [4.69, 9.17) is 4.74 Å². The molecule has 1 aromatic heterocycles. The second-order valence-electron chi connectivity index (χ2n) is 11.0. The van der Waals surface area contributed by atoms with Crippen LogP contribution in [0.15, 0.2) is 42.3 Å². The molecule has 2 saturated carbocycles. The summed E-state index contributed by atoms with van der Waals surface area (Å²) in [6, 6.07) is 4.30. The molecule has 0 radical (unpaired) electrons. The van der Waals surface area contributed by atoms with Crippen LogP contribution in [-0.2, 0) is 4.74 Å². The number of hydrogen-bond acceptors (Lipinski definition) is 3. The van der Waals surface area contributed by atoms with Crippen LogP contribution in [0.4, 0.5) is 4.79 Å². The van der Waals surface area contributed by atoms with Crippen molar-refractivity contribution in [1.29, 1.82) is 0 Å². The lowest BCUT2D eigenvalue weighted by Gasteiger charge is -2.57. The van der Waals surface area contributed by atoms with Crippen LogP contribution in [0.25, 0.3) is 5.57 Å². The Bertz CT molecular complexity index is 923. The predicted octanol–water partition coefficient (Wildman–Crippen LogP) is 6.54. The molecule has 1 aromatic rings. The summed E-state index contributed by atoms with van der Waals surface area (Å²) >= 11 is 0. The first kappa shape index (κ1) is 21.7. The normalized spacial score (nSPS) is 38.0. The summed E-state index contributed by atoms with van der Waals surface area (Å²) in [5, 5.41) is 2.86. The maximum atomic E-state index is 12.1. The highest BCUT2D eigenvalue weighted by Crippen LogP contribution is 2.66.